The monoisotopic (exact) mass is 256 g/mol. The van der Waals surface area contributed by atoms with Crippen LogP contribution in [0.4, 0.5) is 0 Å². The molecule has 0 aliphatic carbocycles. The largest absolute Gasteiger partial charge is 0.294 e. The molecule has 92 valence electrons. The van der Waals surface area contributed by atoms with Crippen molar-refractivity contribution in [2.24, 2.45) is 0 Å². The second kappa shape index (κ2) is 5.40. The smallest absolute Gasteiger partial charge is 0.160 e. The van der Waals surface area contributed by atoms with Gasteiger partial charge in [-0.2, -0.15) is 0 Å². The first-order valence-electron chi connectivity index (χ1n) is 5.93. The maximum absolute atomic E-state index is 11.6. The third-order valence-corrected chi connectivity index (χ3v) is 4.07. The van der Waals surface area contributed by atoms with E-state index < -0.39 is 0 Å². The molecule has 2 rings (SSSR count). The number of carbonyl (C=O) groups is 1. The molecule has 0 aliphatic heterocycles. The zero-order valence-electron chi connectivity index (χ0n) is 10.9. The Labute approximate surface area is 112 Å². The fourth-order valence-corrected chi connectivity index (χ4v) is 2.96. The van der Waals surface area contributed by atoms with Crippen LogP contribution in [0.5, 0.6) is 0 Å². The summed E-state index contributed by atoms with van der Waals surface area (Å²) >= 11 is 1.66. The molecule has 2 aromatic carbocycles. The van der Waals surface area contributed by atoms with Crippen LogP contribution < -0.4 is 0 Å². The van der Waals surface area contributed by atoms with E-state index in [0.29, 0.717) is 0 Å². The molecule has 0 unspecified atom stereocenters. The minimum Gasteiger partial charge on any atom is -0.294 e. The third-order valence-electron chi connectivity index (χ3n) is 2.83. The summed E-state index contributed by atoms with van der Waals surface area (Å²) in [6.07, 6.45) is 0. The van der Waals surface area contributed by atoms with Crippen LogP contribution >= 0.6 is 11.8 Å². The highest BCUT2D eigenvalue weighted by molar-refractivity contribution is 7.99. The van der Waals surface area contributed by atoms with Crippen molar-refractivity contribution in [2.75, 3.05) is 0 Å². The molecule has 0 atom stereocenters. The van der Waals surface area contributed by atoms with Crippen molar-refractivity contribution in [1.29, 1.82) is 0 Å². The number of rotatable bonds is 3. The van der Waals surface area contributed by atoms with Crippen molar-refractivity contribution < 1.29 is 4.79 Å². The zero-order valence-corrected chi connectivity index (χ0v) is 11.7. The lowest BCUT2D eigenvalue weighted by molar-refractivity contribution is 0.101. The van der Waals surface area contributed by atoms with Gasteiger partial charge in [0.15, 0.2) is 5.78 Å². The summed E-state index contributed by atoms with van der Waals surface area (Å²) in [5.74, 6) is 0.114. The van der Waals surface area contributed by atoms with E-state index in [9.17, 15) is 4.79 Å². The van der Waals surface area contributed by atoms with Gasteiger partial charge in [0.05, 0.1) is 0 Å². The van der Waals surface area contributed by atoms with Gasteiger partial charge in [0.1, 0.15) is 0 Å². The van der Waals surface area contributed by atoms with Crippen molar-refractivity contribution in [3.63, 3.8) is 0 Å². The Balaban J connectivity index is 2.40. The molecule has 0 saturated heterocycles. The summed E-state index contributed by atoms with van der Waals surface area (Å²) in [6, 6.07) is 14.2. The highest BCUT2D eigenvalue weighted by Gasteiger charge is 2.09. The van der Waals surface area contributed by atoms with Crippen LogP contribution in [-0.4, -0.2) is 5.78 Å². The molecule has 2 heteroatoms. The maximum Gasteiger partial charge on any atom is 0.160 e. The minimum atomic E-state index is 0.114. The number of hydrogen-bond acceptors (Lipinski definition) is 2. The maximum atomic E-state index is 11.6. The summed E-state index contributed by atoms with van der Waals surface area (Å²) < 4.78 is 0. The molecule has 18 heavy (non-hydrogen) atoms. The summed E-state index contributed by atoms with van der Waals surface area (Å²) in [4.78, 5) is 13.8. The number of carbonyl (C=O) groups excluding carboxylic acids is 1. The molecule has 0 fully saturated rings. The van der Waals surface area contributed by atoms with Gasteiger partial charge in [-0.3, -0.25) is 4.79 Å². The molecule has 0 spiro atoms. The Morgan fingerprint density at radius 1 is 1.00 bits per heavy atom. The molecule has 0 heterocycles. The van der Waals surface area contributed by atoms with E-state index >= 15 is 0 Å². The van der Waals surface area contributed by atoms with Gasteiger partial charge in [0, 0.05) is 15.4 Å². The number of hydrogen-bond donors (Lipinski definition) is 0. The summed E-state index contributed by atoms with van der Waals surface area (Å²) in [6.45, 7) is 5.79. The first-order chi connectivity index (χ1) is 8.58. The average molecular weight is 256 g/mol. The molecule has 2 aromatic rings. The molecule has 0 aromatic heterocycles. The Bertz CT molecular complexity index is 587. The number of Topliss-reactive ketones (excluding diaryl/α,β-unsaturated/α-hetero) is 1. The summed E-state index contributed by atoms with van der Waals surface area (Å²) in [7, 11) is 0. The van der Waals surface area contributed by atoms with Gasteiger partial charge < -0.3 is 0 Å². The van der Waals surface area contributed by atoms with Crippen LogP contribution in [0.1, 0.15) is 28.4 Å². The van der Waals surface area contributed by atoms with E-state index in [1.165, 1.54) is 16.0 Å². The van der Waals surface area contributed by atoms with E-state index in [2.05, 4.69) is 32.0 Å². The quantitative estimate of drug-likeness (QED) is 0.743. The Kier molecular flexibility index (Phi) is 3.87. The second-order valence-corrected chi connectivity index (χ2v) is 5.51. The summed E-state index contributed by atoms with van der Waals surface area (Å²) in [5, 5.41) is 0. The Morgan fingerprint density at radius 2 is 1.72 bits per heavy atom. The standard InChI is InChI=1S/C16H16OS/c1-11-8-9-12(2)16(10-11)18-15-7-5-4-6-14(15)13(3)17/h4-10H,1-3H3. The molecule has 0 bridgehead atoms. The van der Waals surface area contributed by atoms with Gasteiger partial charge in [0.2, 0.25) is 0 Å². The Morgan fingerprint density at radius 3 is 2.44 bits per heavy atom. The predicted molar refractivity (Wildman–Crippen MR) is 76.5 cm³/mol. The molecule has 0 N–H and O–H groups in total. The van der Waals surface area contributed by atoms with Crippen LogP contribution in [0.15, 0.2) is 52.3 Å². The van der Waals surface area contributed by atoms with Gasteiger partial charge in [0.25, 0.3) is 0 Å². The van der Waals surface area contributed by atoms with E-state index in [-0.39, 0.29) is 5.78 Å². The van der Waals surface area contributed by atoms with Crippen LogP contribution in [0, 0.1) is 13.8 Å². The highest BCUT2D eigenvalue weighted by Crippen LogP contribution is 2.33. The van der Waals surface area contributed by atoms with Crippen molar-refractivity contribution in [1.82, 2.24) is 0 Å². The second-order valence-electron chi connectivity index (χ2n) is 4.42. The van der Waals surface area contributed by atoms with Gasteiger partial charge in [-0.05, 0) is 44.0 Å². The Hall–Kier alpha value is -1.54. The van der Waals surface area contributed by atoms with Gasteiger partial charge in [-0.25, -0.2) is 0 Å². The van der Waals surface area contributed by atoms with Gasteiger partial charge >= 0.3 is 0 Å². The molecular formula is C16H16OS. The lowest BCUT2D eigenvalue weighted by Gasteiger charge is -2.09. The van der Waals surface area contributed by atoms with Crippen molar-refractivity contribution >= 4 is 17.5 Å². The van der Waals surface area contributed by atoms with E-state index in [1.54, 1.807) is 18.7 Å². The fraction of sp³-hybridized carbons (Fsp3) is 0.188. The third kappa shape index (κ3) is 2.82. The molecule has 0 saturated carbocycles. The minimum absolute atomic E-state index is 0.114. The van der Waals surface area contributed by atoms with Crippen LogP contribution in [0.2, 0.25) is 0 Å². The first-order valence-corrected chi connectivity index (χ1v) is 6.74. The predicted octanol–water partition coefficient (Wildman–Crippen LogP) is 4.66. The van der Waals surface area contributed by atoms with Crippen molar-refractivity contribution in [2.45, 2.75) is 30.6 Å². The number of aryl methyl sites for hydroxylation is 2. The van der Waals surface area contributed by atoms with Crippen LogP contribution in [-0.2, 0) is 0 Å². The summed E-state index contributed by atoms with van der Waals surface area (Å²) in [5.41, 5.74) is 3.27. The molecule has 1 nitrogen and oxygen atoms in total. The van der Waals surface area contributed by atoms with E-state index in [1.807, 2.05) is 24.3 Å². The lowest BCUT2D eigenvalue weighted by Crippen LogP contribution is -1.94. The van der Waals surface area contributed by atoms with Crippen LogP contribution in [0.25, 0.3) is 0 Å². The van der Waals surface area contributed by atoms with Gasteiger partial charge in [-0.15, -0.1) is 0 Å². The fourth-order valence-electron chi connectivity index (χ4n) is 1.78. The van der Waals surface area contributed by atoms with E-state index in [0.717, 1.165) is 10.5 Å². The number of benzene rings is 2. The molecule has 0 radical (unpaired) electrons. The van der Waals surface area contributed by atoms with Crippen molar-refractivity contribution in [3.05, 3.63) is 59.2 Å². The van der Waals surface area contributed by atoms with E-state index in [4.69, 9.17) is 0 Å². The van der Waals surface area contributed by atoms with Crippen molar-refractivity contribution in [3.8, 4) is 0 Å². The zero-order chi connectivity index (χ0) is 13.1. The lowest BCUT2D eigenvalue weighted by atomic mass is 10.1. The van der Waals surface area contributed by atoms with Crippen LogP contribution in [0.3, 0.4) is 0 Å². The first kappa shape index (κ1) is 12.9. The normalized spacial score (nSPS) is 10.4. The molecule has 0 aliphatic rings. The van der Waals surface area contributed by atoms with Gasteiger partial charge in [-0.1, -0.05) is 42.1 Å². The SMILES string of the molecule is CC(=O)c1ccccc1Sc1cc(C)ccc1C. The highest BCUT2D eigenvalue weighted by atomic mass is 32.2. The average Bonchev–Trinajstić information content (AvgIpc) is 2.34. The topological polar surface area (TPSA) is 17.1 Å². The number of ketones is 1. The molecular weight excluding hydrogens is 240 g/mol. The molecule has 0 amide bonds.